The van der Waals surface area contributed by atoms with Gasteiger partial charge in [0.25, 0.3) is 0 Å². The molecule has 5 rings (SSSR count). The molecular weight excluding hydrogens is 382 g/mol. The van der Waals surface area contributed by atoms with Crippen molar-refractivity contribution in [2.45, 2.75) is 38.0 Å². The number of rotatable bonds is 4. The quantitative estimate of drug-likeness (QED) is 0.511. The first kappa shape index (κ1) is 19.2. The number of anilines is 3. The maximum absolute atomic E-state index is 9.97. The molecule has 2 fully saturated rings. The minimum absolute atomic E-state index is 0.0201. The van der Waals surface area contributed by atoms with Crippen molar-refractivity contribution in [1.29, 1.82) is 0 Å². The van der Waals surface area contributed by atoms with Crippen LogP contribution in [0.5, 0.6) is 0 Å². The Morgan fingerprint density at radius 3 is 2.53 bits per heavy atom. The van der Waals surface area contributed by atoms with E-state index in [-0.39, 0.29) is 6.04 Å². The van der Waals surface area contributed by atoms with Gasteiger partial charge < -0.3 is 30.3 Å². The van der Waals surface area contributed by atoms with Crippen molar-refractivity contribution in [1.82, 2.24) is 24.8 Å². The molecule has 1 aliphatic carbocycles. The van der Waals surface area contributed by atoms with E-state index in [0.717, 1.165) is 48.6 Å². The van der Waals surface area contributed by atoms with Crippen molar-refractivity contribution in [2.24, 2.45) is 0 Å². The topological polar surface area (TPSA) is 111 Å². The second-order valence-corrected chi connectivity index (χ2v) is 8.15. The summed E-state index contributed by atoms with van der Waals surface area (Å²) in [4.78, 5) is 16.0. The zero-order chi connectivity index (χ0) is 20.7. The third-order valence-corrected chi connectivity index (χ3v) is 6.07. The average molecular weight is 409 g/mol. The molecule has 3 aromatic heterocycles. The summed E-state index contributed by atoms with van der Waals surface area (Å²) in [6.07, 6.45) is 3.33. The van der Waals surface area contributed by atoms with Gasteiger partial charge in [-0.25, -0.2) is 9.97 Å². The molecule has 3 aromatic rings. The number of hydrogen-bond acceptors (Lipinski definition) is 8. The van der Waals surface area contributed by atoms with Crippen molar-refractivity contribution < 1.29 is 10.2 Å². The maximum atomic E-state index is 9.97. The van der Waals surface area contributed by atoms with Crippen LogP contribution in [0.4, 0.5) is 17.5 Å². The minimum Gasteiger partial charge on any atom is -0.390 e. The maximum Gasteiger partial charge on any atom is 0.230 e. The molecule has 30 heavy (non-hydrogen) atoms. The van der Waals surface area contributed by atoms with Gasteiger partial charge in [-0.15, -0.1) is 0 Å². The normalized spacial score (nSPS) is 24.5. The number of nitrogens with zero attached hydrogens (tertiary/aromatic N) is 5. The highest BCUT2D eigenvalue weighted by atomic mass is 16.3. The lowest BCUT2D eigenvalue weighted by Crippen LogP contribution is -2.43. The van der Waals surface area contributed by atoms with Crippen LogP contribution in [0, 0.1) is 6.92 Å². The second-order valence-electron chi connectivity index (χ2n) is 8.15. The molecule has 9 heteroatoms. The van der Waals surface area contributed by atoms with E-state index in [2.05, 4.69) is 36.1 Å². The summed E-state index contributed by atoms with van der Waals surface area (Å²) in [5, 5.41) is 27.4. The van der Waals surface area contributed by atoms with Gasteiger partial charge in [0.1, 0.15) is 11.5 Å². The molecule has 1 aliphatic heterocycles. The summed E-state index contributed by atoms with van der Waals surface area (Å²) in [7, 11) is 0. The Morgan fingerprint density at radius 2 is 1.83 bits per heavy atom. The zero-order valence-electron chi connectivity index (χ0n) is 17.0. The van der Waals surface area contributed by atoms with Crippen molar-refractivity contribution >= 4 is 28.5 Å². The second kappa shape index (κ2) is 7.82. The molecular formula is C21H27N7O2. The molecule has 2 aliphatic rings. The van der Waals surface area contributed by atoms with E-state index in [9.17, 15) is 10.2 Å². The van der Waals surface area contributed by atoms with Crippen LogP contribution in [-0.2, 0) is 0 Å². The largest absolute Gasteiger partial charge is 0.390 e. The molecule has 2 unspecified atom stereocenters. The molecule has 0 radical (unpaired) electrons. The van der Waals surface area contributed by atoms with Gasteiger partial charge in [0, 0.05) is 49.5 Å². The summed E-state index contributed by atoms with van der Waals surface area (Å²) >= 11 is 0. The highest BCUT2D eigenvalue weighted by molar-refractivity contribution is 5.78. The predicted molar refractivity (Wildman–Crippen MR) is 115 cm³/mol. The lowest BCUT2D eigenvalue weighted by Gasteiger charge is -2.29. The monoisotopic (exact) mass is 409 g/mol. The van der Waals surface area contributed by atoms with Crippen LogP contribution >= 0.6 is 0 Å². The molecule has 2 atom stereocenters. The molecule has 0 aromatic carbocycles. The first-order chi connectivity index (χ1) is 14.6. The Hall–Kier alpha value is -2.75. The number of aromatic nitrogens is 4. The number of aryl methyl sites for hydroxylation is 1. The number of aliphatic hydroxyl groups excluding tert-OH is 2. The van der Waals surface area contributed by atoms with Crippen LogP contribution in [0.1, 0.15) is 24.6 Å². The Balaban J connectivity index is 1.38. The Kier molecular flexibility index (Phi) is 5.01. The van der Waals surface area contributed by atoms with Gasteiger partial charge in [0.15, 0.2) is 0 Å². The highest BCUT2D eigenvalue weighted by Crippen LogP contribution is 2.34. The summed E-state index contributed by atoms with van der Waals surface area (Å²) in [5.74, 6) is 1.16. The van der Waals surface area contributed by atoms with Crippen molar-refractivity contribution in [3.63, 3.8) is 0 Å². The number of fused-ring (bicyclic) bond motifs is 1. The van der Waals surface area contributed by atoms with Crippen LogP contribution in [0.3, 0.4) is 0 Å². The molecule has 0 spiro atoms. The molecule has 158 valence electrons. The standard InChI is InChI=1S/C21H27N7O2/c1-13-8-14-11-24-21(26-20(14)28(13)16-9-17(29)18(30)10-16)25-19-3-2-15(12-23-19)27-6-4-22-5-7-27/h2-3,8,11-12,16-18,22,29-30H,4-7,9-10H2,1H3,(H,23,24,25,26). The van der Waals surface area contributed by atoms with Crippen molar-refractivity contribution in [3.8, 4) is 0 Å². The van der Waals surface area contributed by atoms with E-state index in [1.165, 1.54) is 0 Å². The Morgan fingerprint density at radius 1 is 1.07 bits per heavy atom. The molecule has 4 N–H and O–H groups in total. The highest BCUT2D eigenvalue weighted by Gasteiger charge is 2.34. The van der Waals surface area contributed by atoms with E-state index in [4.69, 9.17) is 4.98 Å². The zero-order valence-corrected chi connectivity index (χ0v) is 17.0. The van der Waals surface area contributed by atoms with E-state index >= 15 is 0 Å². The third kappa shape index (κ3) is 3.60. The van der Waals surface area contributed by atoms with Crippen LogP contribution in [0.15, 0.2) is 30.6 Å². The van der Waals surface area contributed by atoms with Gasteiger partial charge in [0.05, 0.1) is 24.1 Å². The molecule has 1 saturated heterocycles. The summed E-state index contributed by atoms with van der Waals surface area (Å²) < 4.78 is 2.10. The van der Waals surface area contributed by atoms with Crippen LogP contribution < -0.4 is 15.5 Å². The predicted octanol–water partition coefficient (Wildman–Crippen LogP) is 1.34. The molecule has 4 heterocycles. The molecule has 0 bridgehead atoms. The summed E-state index contributed by atoms with van der Waals surface area (Å²) in [5.41, 5.74) is 2.95. The van der Waals surface area contributed by atoms with Gasteiger partial charge in [0.2, 0.25) is 5.95 Å². The van der Waals surface area contributed by atoms with Gasteiger partial charge >= 0.3 is 0 Å². The van der Waals surface area contributed by atoms with E-state index in [1.54, 1.807) is 6.20 Å². The lowest BCUT2D eigenvalue weighted by atomic mass is 10.2. The van der Waals surface area contributed by atoms with E-state index in [0.29, 0.717) is 24.6 Å². The number of aliphatic hydroxyl groups is 2. The smallest absolute Gasteiger partial charge is 0.230 e. The Bertz CT molecular complexity index is 1020. The summed E-state index contributed by atoms with van der Waals surface area (Å²) in [6.45, 7) is 5.95. The fourth-order valence-electron chi connectivity index (χ4n) is 4.52. The fourth-order valence-corrected chi connectivity index (χ4v) is 4.52. The fraction of sp³-hybridized carbons (Fsp3) is 0.476. The average Bonchev–Trinajstić information content (AvgIpc) is 3.26. The SMILES string of the molecule is Cc1cc2cnc(Nc3ccc(N4CCNCC4)cn3)nc2n1C1CC(O)C(O)C1. The molecule has 1 saturated carbocycles. The first-order valence-corrected chi connectivity index (χ1v) is 10.5. The number of nitrogens with one attached hydrogen (secondary N) is 2. The van der Waals surface area contributed by atoms with Crippen molar-refractivity contribution in [2.75, 3.05) is 36.4 Å². The van der Waals surface area contributed by atoms with Gasteiger partial charge in [-0.1, -0.05) is 0 Å². The van der Waals surface area contributed by atoms with Crippen LogP contribution in [-0.4, -0.2) is 68.1 Å². The number of piperazine rings is 1. The van der Waals surface area contributed by atoms with E-state index in [1.807, 2.05) is 25.3 Å². The van der Waals surface area contributed by atoms with Crippen molar-refractivity contribution in [3.05, 3.63) is 36.3 Å². The van der Waals surface area contributed by atoms with Crippen LogP contribution in [0.2, 0.25) is 0 Å². The minimum atomic E-state index is -0.690. The number of pyridine rings is 1. The lowest BCUT2D eigenvalue weighted by molar-refractivity contribution is 0.0438. The number of hydrogen-bond donors (Lipinski definition) is 4. The van der Waals surface area contributed by atoms with Gasteiger partial charge in [-0.2, -0.15) is 4.98 Å². The summed E-state index contributed by atoms with van der Waals surface area (Å²) in [6, 6.07) is 6.06. The third-order valence-electron chi connectivity index (χ3n) is 6.07. The van der Waals surface area contributed by atoms with Crippen LogP contribution in [0.25, 0.3) is 11.0 Å². The van der Waals surface area contributed by atoms with Gasteiger partial charge in [-0.05, 0) is 38.0 Å². The molecule has 9 nitrogen and oxygen atoms in total. The van der Waals surface area contributed by atoms with Gasteiger partial charge in [-0.3, -0.25) is 0 Å². The molecule has 0 amide bonds. The Labute approximate surface area is 174 Å². The first-order valence-electron chi connectivity index (χ1n) is 10.5. The van der Waals surface area contributed by atoms with E-state index < -0.39 is 12.2 Å².